The lowest BCUT2D eigenvalue weighted by Crippen LogP contribution is -2.46. The molecule has 4 aromatic carbocycles. The minimum absolute atomic E-state index is 0.355. The molecular weight excluding hydrogens is 564 g/mol. The maximum atomic E-state index is 5.82. The zero-order chi connectivity index (χ0) is 31.2. The predicted octanol–water partition coefficient (Wildman–Crippen LogP) is 7.62. The first-order valence-corrected chi connectivity index (χ1v) is 14.8. The van der Waals surface area contributed by atoms with Crippen LogP contribution in [0.15, 0.2) is 94.9 Å². The molecule has 2 aliphatic rings. The average molecular weight is 599 g/mol. The largest absolute Gasteiger partial charge is 0.493 e. The third-order valence-corrected chi connectivity index (χ3v) is 8.13. The summed E-state index contributed by atoms with van der Waals surface area (Å²) in [6.07, 6.45) is 0. The quantitative estimate of drug-likeness (QED) is 0.216. The minimum atomic E-state index is -0.355. The van der Waals surface area contributed by atoms with Gasteiger partial charge in [-0.1, -0.05) is 36.4 Å². The first-order chi connectivity index (χ1) is 21.9. The number of methoxy groups -OCH3 is 3. The highest BCUT2D eigenvalue weighted by atomic mass is 16.5. The van der Waals surface area contributed by atoms with Crippen LogP contribution in [0, 0.1) is 20.8 Å². The van der Waals surface area contributed by atoms with Gasteiger partial charge in [0, 0.05) is 11.3 Å². The van der Waals surface area contributed by atoms with Crippen LogP contribution in [-0.4, -0.2) is 42.8 Å². The molecule has 45 heavy (non-hydrogen) atoms. The summed E-state index contributed by atoms with van der Waals surface area (Å²) in [7, 11) is 4.88. The van der Waals surface area contributed by atoms with E-state index in [0.29, 0.717) is 28.9 Å². The molecule has 0 radical (unpaired) electrons. The second kappa shape index (κ2) is 11.2. The summed E-state index contributed by atoms with van der Waals surface area (Å²) in [6, 6.07) is 28.2. The van der Waals surface area contributed by atoms with Crippen LogP contribution in [0.25, 0.3) is 5.69 Å². The molecule has 9 nitrogen and oxygen atoms in total. The Labute approximate surface area is 262 Å². The molecule has 226 valence electrons. The molecule has 0 aliphatic carbocycles. The van der Waals surface area contributed by atoms with Crippen LogP contribution in [0.2, 0.25) is 0 Å². The van der Waals surface area contributed by atoms with Crippen molar-refractivity contribution in [3.63, 3.8) is 0 Å². The summed E-state index contributed by atoms with van der Waals surface area (Å²) < 4.78 is 19.2. The van der Waals surface area contributed by atoms with Crippen molar-refractivity contribution in [1.82, 2.24) is 9.78 Å². The molecule has 3 heterocycles. The molecule has 1 atom stereocenters. The van der Waals surface area contributed by atoms with Gasteiger partial charge < -0.3 is 24.4 Å². The molecule has 0 spiro atoms. The van der Waals surface area contributed by atoms with Gasteiger partial charge >= 0.3 is 0 Å². The van der Waals surface area contributed by atoms with E-state index in [0.717, 1.165) is 56.5 Å². The van der Waals surface area contributed by atoms with Crippen LogP contribution in [0.5, 0.6) is 17.2 Å². The summed E-state index contributed by atoms with van der Waals surface area (Å²) in [6.45, 7) is 6.21. The van der Waals surface area contributed by atoms with Gasteiger partial charge in [-0.15, -0.1) is 0 Å². The molecule has 0 amide bonds. The summed E-state index contributed by atoms with van der Waals surface area (Å²) in [5.41, 5.74) is 8.70. The fourth-order valence-corrected chi connectivity index (χ4v) is 6.31. The van der Waals surface area contributed by atoms with Gasteiger partial charge in [-0.05, 0) is 86.0 Å². The van der Waals surface area contributed by atoms with E-state index in [1.54, 1.807) is 21.3 Å². The van der Waals surface area contributed by atoms with Crippen molar-refractivity contribution in [3.05, 3.63) is 113 Å². The highest BCUT2D eigenvalue weighted by Crippen LogP contribution is 2.50. The van der Waals surface area contributed by atoms with Crippen molar-refractivity contribution in [2.45, 2.75) is 26.8 Å². The van der Waals surface area contributed by atoms with E-state index in [1.807, 2.05) is 72.3 Å². The van der Waals surface area contributed by atoms with E-state index < -0.39 is 0 Å². The number of aromatic nitrogens is 2. The zero-order valence-corrected chi connectivity index (χ0v) is 26.1. The van der Waals surface area contributed by atoms with E-state index in [2.05, 4.69) is 48.3 Å². The predicted molar refractivity (Wildman–Crippen MR) is 179 cm³/mol. The Kier molecular flexibility index (Phi) is 7.00. The average Bonchev–Trinajstić information content (AvgIpc) is 3.38. The van der Waals surface area contributed by atoms with Gasteiger partial charge in [-0.2, -0.15) is 5.10 Å². The number of fused-ring (bicyclic) bond motifs is 4. The third kappa shape index (κ3) is 4.77. The molecule has 7 rings (SSSR count). The topological polar surface area (TPSA) is 85.5 Å². The smallest absolute Gasteiger partial charge is 0.203 e. The number of aryl methyl sites for hydroxylation is 3. The second-order valence-corrected chi connectivity index (χ2v) is 11.2. The molecule has 9 heteroatoms. The van der Waals surface area contributed by atoms with Crippen LogP contribution in [0.1, 0.15) is 34.0 Å². The SMILES string of the molecule is COc1cc([C@@H]2c3c(C)nn(-c4ccccc4)c3N=C3C(Nc4cc(C)cc(C)c4)=Nc4ccccc4N32)cc(OC)c1OC. The van der Waals surface area contributed by atoms with E-state index in [9.17, 15) is 0 Å². The van der Waals surface area contributed by atoms with Gasteiger partial charge in [0.25, 0.3) is 0 Å². The second-order valence-electron chi connectivity index (χ2n) is 11.2. The first kappa shape index (κ1) is 28.2. The number of hydrogen-bond donors (Lipinski definition) is 1. The number of anilines is 2. The van der Waals surface area contributed by atoms with Gasteiger partial charge in [-0.3, -0.25) is 0 Å². The molecule has 0 unspecified atom stereocenters. The van der Waals surface area contributed by atoms with E-state index >= 15 is 0 Å². The van der Waals surface area contributed by atoms with Crippen LogP contribution in [-0.2, 0) is 0 Å². The number of para-hydroxylation sites is 3. The maximum Gasteiger partial charge on any atom is 0.203 e. The van der Waals surface area contributed by atoms with Crippen LogP contribution < -0.4 is 24.4 Å². The standard InChI is InChI=1S/C36H34N6O3/c1-21-16-22(2)18-25(17-21)37-34-36-39-35-31(23(3)40-42(35)26-12-8-7-9-13-26)32(41(36)28-15-11-10-14-27(28)38-34)24-19-29(43-4)33(45-6)30(20-24)44-5/h7-20,32H,1-6H3,(H,37,38)/t32-/m1/s1. The number of ether oxygens (including phenoxy) is 3. The number of hydrogen-bond acceptors (Lipinski definition) is 8. The molecule has 0 bridgehead atoms. The molecule has 5 aromatic rings. The molecular formula is C36H34N6O3. The van der Waals surface area contributed by atoms with Gasteiger partial charge in [-0.25, -0.2) is 14.7 Å². The maximum absolute atomic E-state index is 5.82. The Morgan fingerprint density at radius 1 is 0.733 bits per heavy atom. The number of nitrogens with zero attached hydrogens (tertiary/aromatic N) is 5. The number of benzene rings is 4. The monoisotopic (exact) mass is 598 g/mol. The molecule has 1 N–H and O–H groups in total. The molecule has 0 fully saturated rings. The lowest BCUT2D eigenvalue weighted by atomic mass is 9.92. The van der Waals surface area contributed by atoms with Crippen LogP contribution >= 0.6 is 0 Å². The van der Waals surface area contributed by atoms with Crippen LogP contribution in [0.4, 0.5) is 22.9 Å². The van der Waals surface area contributed by atoms with Gasteiger partial charge in [0.2, 0.25) is 5.75 Å². The molecule has 2 aliphatic heterocycles. The van der Waals surface area contributed by atoms with Crippen molar-refractivity contribution in [1.29, 1.82) is 0 Å². The van der Waals surface area contributed by atoms with E-state index in [4.69, 9.17) is 29.3 Å². The molecule has 0 saturated heterocycles. The number of amidine groups is 2. The van der Waals surface area contributed by atoms with Crippen molar-refractivity contribution >= 4 is 34.6 Å². The van der Waals surface area contributed by atoms with Gasteiger partial charge in [0.15, 0.2) is 29.0 Å². The van der Waals surface area contributed by atoms with Crippen molar-refractivity contribution in [2.75, 3.05) is 31.5 Å². The third-order valence-electron chi connectivity index (χ3n) is 8.13. The normalized spacial score (nSPS) is 14.9. The van der Waals surface area contributed by atoms with Crippen molar-refractivity contribution in [2.24, 2.45) is 9.98 Å². The van der Waals surface area contributed by atoms with Crippen LogP contribution in [0.3, 0.4) is 0 Å². The van der Waals surface area contributed by atoms with Gasteiger partial charge in [0.05, 0.1) is 50.1 Å². The summed E-state index contributed by atoms with van der Waals surface area (Å²) in [5, 5.41) is 8.65. The van der Waals surface area contributed by atoms with Crippen molar-refractivity contribution in [3.8, 4) is 22.9 Å². The van der Waals surface area contributed by atoms with Crippen molar-refractivity contribution < 1.29 is 14.2 Å². The van der Waals surface area contributed by atoms with E-state index in [-0.39, 0.29) is 6.04 Å². The fourth-order valence-electron chi connectivity index (χ4n) is 6.31. The molecule has 1 aromatic heterocycles. The summed E-state index contributed by atoms with van der Waals surface area (Å²) >= 11 is 0. The lowest BCUT2D eigenvalue weighted by Gasteiger charge is -2.40. The van der Waals surface area contributed by atoms with Gasteiger partial charge in [0.1, 0.15) is 0 Å². The molecule has 0 saturated carbocycles. The first-order valence-electron chi connectivity index (χ1n) is 14.8. The lowest BCUT2D eigenvalue weighted by molar-refractivity contribution is 0.323. The summed E-state index contributed by atoms with van der Waals surface area (Å²) in [5.74, 6) is 3.72. The Hall–Kier alpha value is -5.57. The summed E-state index contributed by atoms with van der Waals surface area (Å²) in [4.78, 5) is 12.7. The highest BCUT2D eigenvalue weighted by Gasteiger charge is 2.42. The Bertz CT molecular complexity index is 1950. The number of nitrogens with one attached hydrogen (secondary N) is 1. The minimum Gasteiger partial charge on any atom is -0.493 e. The number of rotatable bonds is 6. The Morgan fingerprint density at radius 2 is 1.40 bits per heavy atom. The fraction of sp³-hybridized carbons (Fsp3) is 0.194. The highest BCUT2D eigenvalue weighted by molar-refractivity contribution is 6.51. The Morgan fingerprint density at radius 3 is 2.07 bits per heavy atom. The zero-order valence-electron chi connectivity index (χ0n) is 26.1. The van der Waals surface area contributed by atoms with E-state index in [1.165, 1.54) is 0 Å². The number of aliphatic imine (C=N–C) groups is 2. The Balaban J connectivity index is 1.52.